The summed E-state index contributed by atoms with van der Waals surface area (Å²) in [6.07, 6.45) is 2.72. The normalized spacial score (nSPS) is 19.5. The van der Waals surface area contributed by atoms with Crippen LogP contribution in [0.1, 0.15) is 29.2 Å². The number of hydrogen-bond donors (Lipinski definition) is 3. The van der Waals surface area contributed by atoms with Crippen molar-refractivity contribution in [1.82, 2.24) is 15.1 Å². The van der Waals surface area contributed by atoms with Crippen LogP contribution in [0.4, 0.5) is 0 Å². The third-order valence-corrected chi connectivity index (χ3v) is 7.42. The summed E-state index contributed by atoms with van der Waals surface area (Å²) in [5, 5.41) is 14.5. The summed E-state index contributed by atoms with van der Waals surface area (Å²) in [5.41, 5.74) is 9.64. The summed E-state index contributed by atoms with van der Waals surface area (Å²) in [5.74, 6) is -0.964. The molecule has 2 unspecified atom stereocenters. The predicted molar refractivity (Wildman–Crippen MR) is 152 cm³/mol. The first-order valence-corrected chi connectivity index (χ1v) is 13.4. The summed E-state index contributed by atoms with van der Waals surface area (Å²) in [6.45, 7) is 0.691. The summed E-state index contributed by atoms with van der Waals surface area (Å²) in [7, 11) is 1.89. The second kappa shape index (κ2) is 12.2. The molecule has 2 heterocycles. The van der Waals surface area contributed by atoms with Crippen LogP contribution in [0.3, 0.4) is 0 Å². The number of esters is 1. The van der Waals surface area contributed by atoms with E-state index in [9.17, 15) is 14.7 Å². The molecule has 2 aliphatic heterocycles. The molecule has 0 aromatic heterocycles. The first-order chi connectivity index (χ1) is 19.4. The van der Waals surface area contributed by atoms with Crippen molar-refractivity contribution in [1.29, 1.82) is 0 Å². The van der Waals surface area contributed by atoms with Gasteiger partial charge in [0.15, 0.2) is 6.35 Å². The van der Waals surface area contributed by atoms with Gasteiger partial charge in [-0.05, 0) is 34.8 Å². The number of likely N-dealkylation sites (tertiary alicyclic amines) is 1. The highest BCUT2D eigenvalue weighted by Gasteiger charge is 2.55. The van der Waals surface area contributed by atoms with Crippen LogP contribution in [0.2, 0.25) is 0 Å². The summed E-state index contributed by atoms with van der Waals surface area (Å²) >= 11 is 0. The number of rotatable bonds is 10. The number of aliphatic hydroxyl groups excluding tert-OH is 1. The van der Waals surface area contributed by atoms with Gasteiger partial charge >= 0.3 is 5.97 Å². The molecule has 1 amide bonds. The number of hydrogen-bond acceptors (Lipinski definition) is 7. The molecule has 2 aliphatic rings. The zero-order chi connectivity index (χ0) is 28.1. The predicted octanol–water partition coefficient (Wildman–Crippen LogP) is 3.27. The molecule has 1 saturated heterocycles. The minimum atomic E-state index is -1.42. The summed E-state index contributed by atoms with van der Waals surface area (Å²) in [4.78, 5) is 30.0. The Balaban J connectivity index is 1.38. The zero-order valence-electron chi connectivity index (χ0n) is 22.4. The van der Waals surface area contributed by atoms with Crippen LogP contribution >= 0.6 is 0 Å². The first kappa shape index (κ1) is 27.2. The van der Waals surface area contributed by atoms with E-state index in [0.717, 1.165) is 22.3 Å². The Labute approximate surface area is 234 Å². The standard InChI is InChI=1S/C32H34N4O4/c1-35-18-17-23(20-27(35)33)19-26-29(31(38)40-21-22-11-5-2-6-12-22)36(30(26)37)32(39)34-28(24-13-7-3-8-14-24)25-15-9-4-10-16-25/h2-17,20,26,28-29,32,34,39H,18-19,21,33H2,1H3/t26-,29?,32?/m1/s1. The van der Waals surface area contributed by atoms with Gasteiger partial charge < -0.3 is 20.5 Å². The number of carbonyl (C=O) groups excluding carboxylic acids is 2. The fourth-order valence-electron chi connectivity index (χ4n) is 5.16. The van der Waals surface area contributed by atoms with Crippen LogP contribution in [0, 0.1) is 5.92 Å². The third-order valence-electron chi connectivity index (χ3n) is 7.42. The smallest absolute Gasteiger partial charge is 0.330 e. The van der Waals surface area contributed by atoms with Crippen LogP contribution < -0.4 is 11.1 Å². The first-order valence-electron chi connectivity index (χ1n) is 13.4. The Morgan fingerprint density at radius 1 is 1.00 bits per heavy atom. The van der Waals surface area contributed by atoms with Gasteiger partial charge in [0.25, 0.3) is 0 Å². The minimum Gasteiger partial charge on any atom is -0.459 e. The molecule has 0 radical (unpaired) electrons. The third kappa shape index (κ3) is 5.93. The van der Waals surface area contributed by atoms with Gasteiger partial charge in [-0.3, -0.25) is 15.0 Å². The Kier molecular flexibility index (Phi) is 8.28. The number of nitrogens with two attached hydrogens (primary N) is 1. The van der Waals surface area contributed by atoms with E-state index < -0.39 is 30.3 Å². The SMILES string of the molecule is CN1CC=C(C[C@H]2C(=O)N(C(O)NC(c3ccccc3)c3ccccc3)C2C(=O)OCc2ccccc2)C=C1N. The summed E-state index contributed by atoms with van der Waals surface area (Å²) in [6, 6.07) is 27.3. The van der Waals surface area contributed by atoms with E-state index in [1.807, 2.05) is 115 Å². The molecule has 4 N–H and O–H groups in total. The molecule has 3 atom stereocenters. The van der Waals surface area contributed by atoms with E-state index in [1.54, 1.807) is 0 Å². The van der Waals surface area contributed by atoms with Crippen LogP contribution in [0.25, 0.3) is 0 Å². The van der Waals surface area contributed by atoms with Crippen molar-refractivity contribution in [3.63, 3.8) is 0 Å². The monoisotopic (exact) mass is 538 g/mol. The van der Waals surface area contributed by atoms with E-state index in [4.69, 9.17) is 10.5 Å². The Morgan fingerprint density at radius 2 is 1.57 bits per heavy atom. The number of benzene rings is 3. The van der Waals surface area contributed by atoms with E-state index in [2.05, 4.69) is 5.32 Å². The van der Waals surface area contributed by atoms with E-state index in [0.29, 0.717) is 18.8 Å². The zero-order valence-corrected chi connectivity index (χ0v) is 22.4. The highest BCUT2D eigenvalue weighted by Crippen LogP contribution is 2.36. The molecule has 206 valence electrons. The number of likely N-dealkylation sites (N-methyl/N-ethyl adjacent to an activating group) is 1. The molecule has 40 heavy (non-hydrogen) atoms. The van der Waals surface area contributed by atoms with Crippen molar-refractivity contribution >= 4 is 11.9 Å². The van der Waals surface area contributed by atoms with Crippen molar-refractivity contribution < 1.29 is 19.4 Å². The largest absolute Gasteiger partial charge is 0.459 e. The fourth-order valence-corrected chi connectivity index (χ4v) is 5.16. The van der Waals surface area contributed by atoms with Crippen molar-refractivity contribution in [3.8, 4) is 0 Å². The average Bonchev–Trinajstić information content (AvgIpc) is 2.99. The topological polar surface area (TPSA) is 108 Å². The fraction of sp³-hybridized carbons (Fsp3) is 0.250. The molecular weight excluding hydrogens is 504 g/mol. The van der Waals surface area contributed by atoms with Gasteiger partial charge in [0.05, 0.1) is 17.8 Å². The highest BCUT2D eigenvalue weighted by molar-refractivity contribution is 5.97. The van der Waals surface area contributed by atoms with Crippen molar-refractivity contribution in [2.75, 3.05) is 13.6 Å². The lowest BCUT2D eigenvalue weighted by Gasteiger charge is -2.48. The summed E-state index contributed by atoms with van der Waals surface area (Å²) < 4.78 is 5.65. The number of allylic oxidation sites excluding steroid dienone is 2. The number of nitrogens with one attached hydrogen (secondary N) is 1. The van der Waals surface area contributed by atoms with Gasteiger partial charge in [-0.2, -0.15) is 0 Å². The molecule has 3 aromatic carbocycles. The van der Waals surface area contributed by atoms with Crippen LogP contribution in [-0.2, 0) is 20.9 Å². The molecule has 0 spiro atoms. The van der Waals surface area contributed by atoms with Crippen LogP contribution in [-0.4, -0.2) is 52.8 Å². The average molecular weight is 539 g/mol. The maximum atomic E-state index is 13.5. The molecule has 8 heteroatoms. The Morgan fingerprint density at radius 3 is 2.15 bits per heavy atom. The maximum absolute atomic E-state index is 13.5. The lowest BCUT2D eigenvalue weighted by atomic mass is 9.81. The number of nitrogens with zero attached hydrogens (tertiary/aromatic N) is 2. The highest BCUT2D eigenvalue weighted by atomic mass is 16.5. The van der Waals surface area contributed by atoms with Crippen LogP contribution in [0.15, 0.2) is 115 Å². The van der Waals surface area contributed by atoms with Gasteiger partial charge in [-0.15, -0.1) is 0 Å². The molecule has 1 fully saturated rings. The van der Waals surface area contributed by atoms with Crippen molar-refractivity contribution in [2.24, 2.45) is 11.7 Å². The lowest BCUT2D eigenvalue weighted by molar-refractivity contribution is -0.193. The van der Waals surface area contributed by atoms with Gasteiger partial charge in [0.2, 0.25) is 5.91 Å². The van der Waals surface area contributed by atoms with Gasteiger partial charge in [0, 0.05) is 13.6 Å². The quantitative estimate of drug-likeness (QED) is 0.207. The molecule has 0 bridgehead atoms. The minimum absolute atomic E-state index is 0.0748. The van der Waals surface area contributed by atoms with Gasteiger partial charge in [-0.1, -0.05) is 97.1 Å². The maximum Gasteiger partial charge on any atom is 0.330 e. The molecular formula is C32H34N4O4. The number of ether oxygens (including phenoxy) is 1. The molecule has 0 aliphatic carbocycles. The second-order valence-corrected chi connectivity index (χ2v) is 10.1. The number of β-lactam (4-membered cyclic amide) rings is 1. The number of aliphatic hydroxyl groups is 1. The van der Waals surface area contributed by atoms with Crippen LogP contribution in [0.5, 0.6) is 0 Å². The van der Waals surface area contributed by atoms with Crippen molar-refractivity contribution in [3.05, 3.63) is 131 Å². The second-order valence-electron chi connectivity index (χ2n) is 10.1. The van der Waals surface area contributed by atoms with E-state index >= 15 is 0 Å². The van der Waals surface area contributed by atoms with E-state index in [1.165, 1.54) is 4.90 Å². The number of carbonyl (C=O) groups is 2. The molecule has 5 rings (SSSR count). The van der Waals surface area contributed by atoms with Gasteiger partial charge in [-0.25, -0.2) is 4.79 Å². The van der Waals surface area contributed by atoms with Crippen molar-refractivity contribution in [2.45, 2.75) is 31.5 Å². The lowest BCUT2D eigenvalue weighted by Crippen LogP contribution is -2.70. The molecule has 0 saturated carbocycles. The Bertz CT molecular complexity index is 1340. The van der Waals surface area contributed by atoms with Gasteiger partial charge in [0.1, 0.15) is 12.6 Å². The Hall–Kier alpha value is -4.40. The molecule has 3 aromatic rings. The molecule has 8 nitrogen and oxygen atoms in total. The van der Waals surface area contributed by atoms with E-state index in [-0.39, 0.29) is 12.5 Å². The number of amides is 1.